The molecule has 0 saturated heterocycles. The second kappa shape index (κ2) is 3.91. The average Bonchev–Trinajstić information content (AvgIpc) is 1.89. The topological polar surface area (TPSA) is 49.5 Å². The lowest BCUT2D eigenvalue weighted by atomic mass is 10.1. The van der Waals surface area contributed by atoms with Gasteiger partial charge < -0.3 is 10.8 Å². The van der Waals surface area contributed by atoms with Gasteiger partial charge in [-0.1, -0.05) is 6.92 Å². The normalized spacial score (nSPS) is 17.4. The molecule has 3 heteroatoms. The summed E-state index contributed by atoms with van der Waals surface area (Å²) >= 11 is 0. The largest absolute Gasteiger partial charge is 0.395 e. The molecule has 0 aliphatic carbocycles. The van der Waals surface area contributed by atoms with E-state index < -0.39 is 0 Å². The summed E-state index contributed by atoms with van der Waals surface area (Å²) < 4.78 is 0. The highest BCUT2D eigenvalue weighted by Gasteiger charge is 2.20. The monoisotopic (exact) mass is 146 g/mol. The van der Waals surface area contributed by atoms with Crippen LogP contribution in [0.3, 0.4) is 0 Å². The van der Waals surface area contributed by atoms with Gasteiger partial charge in [-0.05, 0) is 20.4 Å². The Labute approximate surface area is 62.8 Å². The van der Waals surface area contributed by atoms with Crippen molar-refractivity contribution in [1.29, 1.82) is 0 Å². The zero-order chi connectivity index (χ0) is 8.20. The summed E-state index contributed by atoms with van der Waals surface area (Å²) in [6.07, 6.45) is 0.892. The first-order valence-corrected chi connectivity index (χ1v) is 3.65. The van der Waals surface area contributed by atoms with Gasteiger partial charge in [-0.3, -0.25) is 4.90 Å². The van der Waals surface area contributed by atoms with Gasteiger partial charge in [0.2, 0.25) is 0 Å². The molecule has 0 spiro atoms. The lowest BCUT2D eigenvalue weighted by Crippen LogP contribution is -2.52. The van der Waals surface area contributed by atoms with Crippen molar-refractivity contribution in [1.82, 2.24) is 4.90 Å². The predicted octanol–water partition coefficient (Wildman–Crippen LogP) is -0.00460. The summed E-state index contributed by atoms with van der Waals surface area (Å²) in [7, 11) is 1.92. The number of aliphatic hydroxyl groups excluding tert-OH is 1. The third-order valence-electron chi connectivity index (χ3n) is 2.02. The fraction of sp³-hybridized carbons (Fsp3) is 1.00. The standard InChI is InChI=1S/C7H18N2O/c1-4-7(2,8)9(3)5-6-10/h10H,4-6,8H2,1-3H3. The summed E-state index contributed by atoms with van der Waals surface area (Å²) in [5.41, 5.74) is 5.59. The van der Waals surface area contributed by atoms with Gasteiger partial charge in [0.05, 0.1) is 12.3 Å². The van der Waals surface area contributed by atoms with E-state index in [0.717, 1.165) is 6.42 Å². The van der Waals surface area contributed by atoms with Gasteiger partial charge in [0.1, 0.15) is 0 Å². The number of hydrogen-bond acceptors (Lipinski definition) is 3. The van der Waals surface area contributed by atoms with Crippen molar-refractivity contribution in [2.24, 2.45) is 5.73 Å². The van der Waals surface area contributed by atoms with Crippen molar-refractivity contribution in [3.8, 4) is 0 Å². The maximum Gasteiger partial charge on any atom is 0.0653 e. The van der Waals surface area contributed by atoms with Crippen LogP contribution in [0.1, 0.15) is 20.3 Å². The van der Waals surface area contributed by atoms with Gasteiger partial charge >= 0.3 is 0 Å². The molecule has 62 valence electrons. The van der Waals surface area contributed by atoms with E-state index in [1.54, 1.807) is 0 Å². The first-order valence-electron chi connectivity index (χ1n) is 3.65. The fourth-order valence-electron chi connectivity index (χ4n) is 0.675. The molecule has 0 amide bonds. The van der Waals surface area contributed by atoms with Crippen molar-refractivity contribution < 1.29 is 5.11 Å². The molecule has 1 atom stereocenters. The molecule has 0 bridgehead atoms. The molecule has 10 heavy (non-hydrogen) atoms. The average molecular weight is 146 g/mol. The van der Waals surface area contributed by atoms with Crippen LogP contribution < -0.4 is 5.73 Å². The second-order valence-electron chi connectivity index (χ2n) is 2.86. The van der Waals surface area contributed by atoms with E-state index in [2.05, 4.69) is 0 Å². The highest BCUT2D eigenvalue weighted by molar-refractivity contribution is 4.74. The molecule has 0 heterocycles. The van der Waals surface area contributed by atoms with E-state index in [4.69, 9.17) is 10.8 Å². The molecule has 0 aromatic heterocycles. The Hall–Kier alpha value is -0.120. The number of aliphatic hydroxyl groups is 1. The van der Waals surface area contributed by atoms with Crippen molar-refractivity contribution in [2.75, 3.05) is 20.2 Å². The van der Waals surface area contributed by atoms with Crippen molar-refractivity contribution in [3.05, 3.63) is 0 Å². The summed E-state index contributed by atoms with van der Waals surface area (Å²) in [5, 5.41) is 8.60. The fourth-order valence-corrected chi connectivity index (χ4v) is 0.675. The molecule has 3 nitrogen and oxygen atoms in total. The van der Waals surface area contributed by atoms with E-state index in [-0.39, 0.29) is 12.3 Å². The first-order chi connectivity index (χ1) is 4.54. The zero-order valence-corrected chi connectivity index (χ0v) is 7.09. The van der Waals surface area contributed by atoms with Crippen LogP contribution in [0.4, 0.5) is 0 Å². The van der Waals surface area contributed by atoms with Crippen LogP contribution in [-0.4, -0.2) is 35.9 Å². The first kappa shape index (κ1) is 9.88. The molecule has 0 aliphatic heterocycles. The molecule has 0 radical (unpaired) electrons. The molecule has 0 aliphatic rings. The smallest absolute Gasteiger partial charge is 0.0653 e. The molecular weight excluding hydrogens is 128 g/mol. The maximum atomic E-state index is 8.60. The minimum atomic E-state index is -0.275. The maximum absolute atomic E-state index is 8.60. The molecular formula is C7H18N2O. The van der Waals surface area contributed by atoms with E-state index in [1.165, 1.54) is 0 Å². The van der Waals surface area contributed by atoms with Crippen LogP contribution in [0.2, 0.25) is 0 Å². The van der Waals surface area contributed by atoms with Crippen LogP contribution in [0.5, 0.6) is 0 Å². The van der Waals surface area contributed by atoms with Crippen LogP contribution in [-0.2, 0) is 0 Å². The van der Waals surface area contributed by atoms with Crippen LogP contribution >= 0.6 is 0 Å². The Bertz CT molecular complexity index is 93.6. The quantitative estimate of drug-likeness (QED) is 0.549. The highest BCUT2D eigenvalue weighted by Crippen LogP contribution is 2.08. The summed E-state index contributed by atoms with van der Waals surface area (Å²) in [4.78, 5) is 1.95. The van der Waals surface area contributed by atoms with Crippen molar-refractivity contribution in [3.63, 3.8) is 0 Å². The van der Waals surface area contributed by atoms with E-state index in [1.807, 2.05) is 25.8 Å². The van der Waals surface area contributed by atoms with Gasteiger partial charge in [-0.2, -0.15) is 0 Å². The van der Waals surface area contributed by atoms with Crippen LogP contribution in [0, 0.1) is 0 Å². The molecule has 0 aromatic rings. The predicted molar refractivity (Wildman–Crippen MR) is 42.6 cm³/mol. The Morgan fingerprint density at radius 3 is 2.40 bits per heavy atom. The second-order valence-corrected chi connectivity index (χ2v) is 2.86. The number of nitrogens with zero attached hydrogens (tertiary/aromatic N) is 1. The van der Waals surface area contributed by atoms with E-state index in [0.29, 0.717) is 6.54 Å². The lowest BCUT2D eigenvalue weighted by Gasteiger charge is -2.33. The summed E-state index contributed by atoms with van der Waals surface area (Å²) in [5.74, 6) is 0. The third-order valence-corrected chi connectivity index (χ3v) is 2.02. The van der Waals surface area contributed by atoms with E-state index in [9.17, 15) is 0 Å². The zero-order valence-electron chi connectivity index (χ0n) is 7.09. The van der Waals surface area contributed by atoms with Gasteiger partial charge in [0.15, 0.2) is 0 Å². The van der Waals surface area contributed by atoms with Crippen LogP contribution in [0.25, 0.3) is 0 Å². The molecule has 0 saturated carbocycles. The van der Waals surface area contributed by atoms with Gasteiger partial charge in [0, 0.05) is 6.54 Å². The summed E-state index contributed by atoms with van der Waals surface area (Å²) in [6, 6.07) is 0. The number of rotatable bonds is 4. The third kappa shape index (κ3) is 2.64. The van der Waals surface area contributed by atoms with Gasteiger partial charge in [-0.15, -0.1) is 0 Å². The molecule has 0 fully saturated rings. The van der Waals surface area contributed by atoms with Crippen molar-refractivity contribution in [2.45, 2.75) is 25.9 Å². The Morgan fingerprint density at radius 2 is 2.10 bits per heavy atom. The molecule has 0 aromatic carbocycles. The van der Waals surface area contributed by atoms with Crippen molar-refractivity contribution >= 4 is 0 Å². The molecule has 3 N–H and O–H groups in total. The summed E-state index contributed by atoms with van der Waals surface area (Å²) in [6.45, 7) is 4.81. The minimum Gasteiger partial charge on any atom is -0.395 e. The van der Waals surface area contributed by atoms with E-state index >= 15 is 0 Å². The number of hydrogen-bond donors (Lipinski definition) is 2. The number of likely N-dealkylation sites (N-methyl/N-ethyl adjacent to an activating group) is 1. The molecule has 1 unspecified atom stereocenters. The lowest BCUT2D eigenvalue weighted by molar-refractivity contribution is 0.109. The Morgan fingerprint density at radius 1 is 1.60 bits per heavy atom. The van der Waals surface area contributed by atoms with Gasteiger partial charge in [-0.25, -0.2) is 0 Å². The van der Waals surface area contributed by atoms with Gasteiger partial charge in [0.25, 0.3) is 0 Å². The minimum absolute atomic E-state index is 0.170. The molecule has 0 rings (SSSR count). The highest BCUT2D eigenvalue weighted by atomic mass is 16.3. The Balaban J connectivity index is 3.78. The number of nitrogens with two attached hydrogens (primary N) is 1. The van der Waals surface area contributed by atoms with Crippen LogP contribution in [0.15, 0.2) is 0 Å². The SMILES string of the molecule is CCC(C)(N)N(C)CCO. The Kier molecular flexibility index (Phi) is 3.86.